The Morgan fingerprint density at radius 1 is 1.18 bits per heavy atom. The molecule has 0 amide bonds. The first-order chi connectivity index (χ1) is 12.6. The molecule has 0 radical (unpaired) electrons. The molecule has 1 aromatic rings. The number of aryl methyl sites for hydroxylation is 1. The highest BCUT2D eigenvalue weighted by atomic mass is 32.2. The van der Waals surface area contributed by atoms with Crippen molar-refractivity contribution in [1.29, 1.82) is 0 Å². The fraction of sp³-hybridized carbons (Fsp3) is 0.467. The van der Waals surface area contributed by atoms with E-state index in [1.165, 1.54) is 0 Å². The molecule has 156 valence electrons. The SMILES string of the molecule is O=C(O)CC1(CC(F)(F)F)CCc2cc(OS(=O)(=O)C(F)(F)F)ccc2C1=O. The standard InChI is InChI=1S/C15H12F6O6S/c16-14(17,18)7-13(6-11(22)23)4-3-8-5-9(1-2-10(8)12(13)24)27-28(25,26)15(19,20)21/h1-2,5H,3-4,6-7H2,(H,22,23). The number of carboxylic acids is 1. The minimum atomic E-state index is -5.97. The first-order valence-electron chi connectivity index (χ1n) is 7.53. The van der Waals surface area contributed by atoms with E-state index in [2.05, 4.69) is 4.18 Å². The molecule has 1 aliphatic rings. The Labute approximate surface area is 154 Å². The summed E-state index contributed by atoms with van der Waals surface area (Å²) in [6.07, 6.45) is -8.39. The largest absolute Gasteiger partial charge is 0.534 e. The first-order valence-corrected chi connectivity index (χ1v) is 8.94. The average molecular weight is 434 g/mol. The Morgan fingerprint density at radius 2 is 1.79 bits per heavy atom. The number of carbonyl (C=O) groups is 2. The second-order valence-corrected chi connectivity index (χ2v) is 7.81. The van der Waals surface area contributed by atoms with Crippen LogP contribution in [0.3, 0.4) is 0 Å². The average Bonchev–Trinajstić information content (AvgIpc) is 2.47. The summed E-state index contributed by atoms with van der Waals surface area (Å²) in [5.74, 6) is -3.51. The normalized spacial score (nSPS) is 20.6. The second kappa shape index (κ2) is 6.94. The van der Waals surface area contributed by atoms with Crippen LogP contribution < -0.4 is 4.18 Å². The van der Waals surface area contributed by atoms with Gasteiger partial charge < -0.3 is 9.29 Å². The highest BCUT2D eigenvalue weighted by Crippen LogP contribution is 2.46. The molecular formula is C15H12F6O6S. The summed E-state index contributed by atoms with van der Waals surface area (Å²) in [6.45, 7) is 0. The molecule has 1 atom stereocenters. The van der Waals surface area contributed by atoms with Gasteiger partial charge in [0.1, 0.15) is 5.75 Å². The van der Waals surface area contributed by atoms with Gasteiger partial charge in [0.05, 0.1) is 18.3 Å². The minimum Gasteiger partial charge on any atom is -0.481 e. The summed E-state index contributed by atoms with van der Waals surface area (Å²) in [7, 11) is -5.97. The van der Waals surface area contributed by atoms with Crippen molar-refractivity contribution in [2.45, 2.75) is 37.4 Å². The summed E-state index contributed by atoms with van der Waals surface area (Å²) in [6, 6.07) is 2.31. The topological polar surface area (TPSA) is 97.7 Å². The molecule has 2 rings (SSSR count). The van der Waals surface area contributed by atoms with Crippen LogP contribution in [0, 0.1) is 5.41 Å². The number of hydrogen-bond acceptors (Lipinski definition) is 5. The smallest absolute Gasteiger partial charge is 0.481 e. The van der Waals surface area contributed by atoms with Gasteiger partial charge in [-0.05, 0) is 36.6 Å². The van der Waals surface area contributed by atoms with E-state index < -0.39 is 64.0 Å². The van der Waals surface area contributed by atoms with Gasteiger partial charge in [-0.2, -0.15) is 34.8 Å². The molecule has 0 spiro atoms. The maximum absolute atomic E-state index is 12.9. The second-order valence-electron chi connectivity index (χ2n) is 6.27. The molecule has 0 saturated carbocycles. The molecule has 1 aromatic carbocycles. The summed E-state index contributed by atoms with van der Waals surface area (Å²) in [5, 5.41) is 8.93. The zero-order chi connectivity index (χ0) is 21.5. The number of hydrogen-bond donors (Lipinski definition) is 1. The summed E-state index contributed by atoms with van der Waals surface area (Å²) in [4.78, 5) is 23.6. The van der Waals surface area contributed by atoms with Crippen LogP contribution in [0.5, 0.6) is 5.75 Å². The Kier molecular flexibility index (Phi) is 5.45. The number of alkyl halides is 6. The van der Waals surface area contributed by atoms with E-state index in [1.54, 1.807) is 0 Å². The number of Topliss-reactive ketones (excluding diaryl/α,β-unsaturated/α-hetero) is 1. The number of carbonyl (C=O) groups excluding carboxylic acids is 1. The maximum Gasteiger partial charge on any atom is 0.534 e. The predicted octanol–water partition coefficient (Wildman–Crippen LogP) is 3.46. The molecule has 13 heteroatoms. The number of ketones is 1. The third-order valence-electron chi connectivity index (χ3n) is 4.19. The highest BCUT2D eigenvalue weighted by molar-refractivity contribution is 7.88. The van der Waals surface area contributed by atoms with E-state index in [1.807, 2.05) is 0 Å². The van der Waals surface area contributed by atoms with Gasteiger partial charge in [0.2, 0.25) is 0 Å². The van der Waals surface area contributed by atoms with Gasteiger partial charge in [-0.25, -0.2) is 0 Å². The third kappa shape index (κ3) is 4.56. The molecule has 0 bridgehead atoms. The van der Waals surface area contributed by atoms with Gasteiger partial charge in [0, 0.05) is 5.56 Å². The van der Waals surface area contributed by atoms with Gasteiger partial charge in [0.15, 0.2) is 5.78 Å². The molecule has 0 saturated heterocycles. The van der Waals surface area contributed by atoms with Gasteiger partial charge >= 0.3 is 27.8 Å². The Morgan fingerprint density at radius 3 is 2.29 bits per heavy atom. The lowest BCUT2D eigenvalue weighted by Gasteiger charge is -2.36. The zero-order valence-corrected chi connectivity index (χ0v) is 14.5. The lowest BCUT2D eigenvalue weighted by atomic mass is 9.66. The van der Waals surface area contributed by atoms with Crippen molar-refractivity contribution in [3.63, 3.8) is 0 Å². The minimum absolute atomic E-state index is 0.0388. The van der Waals surface area contributed by atoms with E-state index in [0.717, 1.165) is 12.1 Å². The fourth-order valence-corrected chi connectivity index (χ4v) is 3.52. The van der Waals surface area contributed by atoms with E-state index in [-0.39, 0.29) is 17.5 Å². The van der Waals surface area contributed by atoms with Crippen LogP contribution in [-0.2, 0) is 21.3 Å². The molecule has 1 aliphatic carbocycles. The number of benzene rings is 1. The Bertz CT molecular complexity index is 905. The maximum atomic E-state index is 12.9. The van der Waals surface area contributed by atoms with Crippen molar-refractivity contribution in [3.05, 3.63) is 29.3 Å². The van der Waals surface area contributed by atoms with E-state index in [0.29, 0.717) is 6.07 Å². The molecule has 0 fully saturated rings. The van der Waals surface area contributed by atoms with Crippen molar-refractivity contribution in [2.24, 2.45) is 5.41 Å². The van der Waals surface area contributed by atoms with Crippen molar-refractivity contribution in [3.8, 4) is 5.75 Å². The molecule has 0 heterocycles. The Hall–Kier alpha value is -2.31. The van der Waals surface area contributed by atoms with Crippen molar-refractivity contribution >= 4 is 21.9 Å². The number of carboxylic acid groups (broad SMARTS) is 1. The number of rotatable bonds is 5. The van der Waals surface area contributed by atoms with Crippen LogP contribution in [0.2, 0.25) is 0 Å². The van der Waals surface area contributed by atoms with Crippen LogP contribution in [0.25, 0.3) is 0 Å². The first kappa shape index (κ1) is 22.0. The molecule has 6 nitrogen and oxygen atoms in total. The van der Waals surface area contributed by atoms with Crippen molar-refractivity contribution in [2.75, 3.05) is 0 Å². The molecule has 28 heavy (non-hydrogen) atoms. The van der Waals surface area contributed by atoms with Gasteiger partial charge in [0.25, 0.3) is 0 Å². The van der Waals surface area contributed by atoms with Gasteiger partial charge in [-0.15, -0.1) is 0 Å². The molecule has 0 aromatic heterocycles. The van der Waals surface area contributed by atoms with Crippen LogP contribution >= 0.6 is 0 Å². The molecular weight excluding hydrogens is 422 g/mol. The van der Waals surface area contributed by atoms with Crippen LogP contribution in [0.4, 0.5) is 26.3 Å². The summed E-state index contributed by atoms with van der Waals surface area (Å²) < 4.78 is 102. The number of aliphatic carboxylic acids is 1. The molecule has 0 aliphatic heterocycles. The lowest BCUT2D eigenvalue weighted by Crippen LogP contribution is -2.41. The van der Waals surface area contributed by atoms with E-state index >= 15 is 0 Å². The lowest BCUT2D eigenvalue weighted by molar-refractivity contribution is -0.160. The predicted molar refractivity (Wildman–Crippen MR) is 80.1 cm³/mol. The molecule has 1 N–H and O–H groups in total. The molecule has 1 unspecified atom stereocenters. The Balaban J connectivity index is 2.41. The van der Waals surface area contributed by atoms with E-state index in [9.17, 15) is 44.3 Å². The number of fused-ring (bicyclic) bond motifs is 1. The van der Waals surface area contributed by atoms with E-state index in [4.69, 9.17) is 5.11 Å². The van der Waals surface area contributed by atoms with Crippen LogP contribution in [0.1, 0.15) is 35.2 Å². The van der Waals surface area contributed by atoms with Crippen molar-refractivity contribution < 1.29 is 53.6 Å². The summed E-state index contributed by atoms with van der Waals surface area (Å²) in [5.41, 5.74) is -8.31. The zero-order valence-electron chi connectivity index (χ0n) is 13.7. The van der Waals surface area contributed by atoms with Crippen LogP contribution in [-0.4, -0.2) is 37.0 Å². The summed E-state index contributed by atoms with van der Waals surface area (Å²) >= 11 is 0. The van der Waals surface area contributed by atoms with Crippen molar-refractivity contribution in [1.82, 2.24) is 0 Å². The van der Waals surface area contributed by atoms with Crippen LogP contribution in [0.15, 0.2) is 18.2 Å². The number of halogens is 6. The van der Waals surface area contributed by atoms with Gasteiger partial charge in [-0.1, -0.05) is 0 Å². The monoisotopic (exact) mass is 434 g/mol. The highest BCUT2D eigenvalue weighted by Gasteiger charge is 2.51. The fourth-order valence-electron chi connectivity index (χ4n) is 3.07. The third-order valence-corrected chi connectivity index (χ3v) is 5.17. The quantitative estimate of drug-likeness (QED) is 0.433. The van der Waals surface area contributed by atoms with Gasteiger partial charge in [-0.3, -0.25) is 9.59 Å².